The number of hydrogen-bond acceptors (Lipinski definition) is 10. The number of carbonyl (C=O) groups excluding carboxylic acids is 4. The van der Waals surface area contributed by atoms with Gasteiger partial charge < -0.3 is 0 Å². The van der Waals surface area contributed by atoms with E-state index in [-0.39, 0.29) is 26.2 Å². The van der Waals surface area contributed by atoms with E-state index < -0.39 is 40.4 Å². The fourth-order valence-electron chi connectivity index (χ4n) is 2.38. The van der Waals surface area contributed by atoms with Gasteiger partial charge in [0.15, 0.2) is 0 Å². The van der Waals surface area contributed by atoms with Gasteiger partial charge >= 0.3 is 123 Å². The van der Waals surface area contributed by atoms with Crippen LogP contribution in [0.1, 0.15) is 0 Å². The normalized spacial score (nSPS) is 36.6. The average Bonchev–Trinajstić information content (AvgIpc) is 2.35. The molecule has 0 aromatic rings. The Morgan fingerprint density at radius 3 is 1.19 bits per heavy atom. The first kappa shape index (κ1) is 14.4. The zero-order chi connectivity index (χ0) is 15.0. The van der Waals surface area contributed by atoms with Gasteiger partial charge in [0.25, 0.3) is 0 Å². The standard InChI is InChI=1S/C10H16N2O8.Ga/c13-7(14)3-11(4-8(15)16)1-2-12(5-9(17)18)6-10(19)20;/h1-6H2,(H,13,14)(H,15,16)(H,17,18)(H,19,20);/q;+3/p-4. The molecular formula is C10H12GaN2O8-. The van der Waals surface area contributed by atoms with E-state index in [9.17, 15) is 19.2 Å². The molecule has 1 spiro atoms. The second kappa shape index (κ2) is 5.33. The molecule has 5 fully saturated rings. The minimum absolute atomic E-state index is 0.158. The summed E-state index contributed by atoms with van der Waals surface area (Å²) in [4.78, 5) is 50.4. The Balaban J connectivity index is 2.04. The van der Waals surface area contributed by atoms with Crippen molar-refractivity contribution in [3.63, 3.8) is 0 Å². The molecule has 11 heteroatoms. The summed E-state index contributed by atoms with van der Waals surface area (Å²) in [7, 11) is 0. The van der Waals surface area contributed by atoms with E-state index in [1.54, 1.807) is 0 Å². The van der Waals surface area contributed by atoms with Gasteiger partial charge in [0.2, 0.25) is 0 Å². The summed E-state index contributed by atoms with van der Waals surface area (Å²) in [6.07, 6.45) is 0. The van der Waals surface area contributed by atoms with Crippen molar-refractivity contribution in [3.8, 4) is 0 Å². The van der Waals surface area contributed by atoms with Crippen molar-refractivity contribution in [2.45, 2.75) is 0 Å². The van der Waals surface area contributed by atoms with Crippen molar-refractivity contribution in [3.05, 3.63) is 0 Å². The summed E-state index contributed by atoms with van der Waals surface area (Å²) < 4.78 is 20.0. The Labute approximate surface area is 123 Å². The van der Waals surface area contributed by atoms with Gasteiger partial charge in [0.1, 0.15) is 0 Å². The molecule has 0 amide bonds. The number of rotatable bonds is 0. The molecule has 114 valence electrons. The van der Waals surface area contributed by atoms with Crippen LogP contribution in [0.5, 0.6) is 0 Å². The van der Waals surface area contributed by atoms with Gasteiger partial charge in [-0.2, -0.15) is 0 Å². The van der Waals surface area contributed by atoms with Crippen LogP contribution in [0.3, 0.4) is 0 Å². The molecule has 5 saturated heterocycles. The minimum atomic E-state index is -5.26. The fraction of sp³-hybridized carbons (Fsp3) is 0.600. The fourth-order valence-corrected chi connectivity index (χ4v) is 6.31. The van der Waals surface area contributed by atoms with Gasteiger partial charge in [-0.25, -0.2) is 0 Å². The molecule has 0 radical (unpaired) electrons. The van der Waals surface area contributed by atoms with E-state index >= 15 is 0 Å². The second-order valence-corrected chi connectivity index (χ2v) is 9.36. The molecule has 0 aliphatic carbocycles. The van der Waals surface area contributed by atoms with Crippen LogP contribution in [0.2, 0.25) is 0 Å². The average molecular weight is 358 g/mol. The molecule has 21 heavy (non-hydrogen) atoms. The maximum absolute atomic E-state index is 11.8. The molecular weight excluding hydrogens is 346 g/mol. The van der Waals surface area contributed by atoms with Crippen molar-refractivity contribution in [1.29, 1.82) is 0 Å². The third-order valence-corrected chi connectivity index (χ3v) is 7.88. The van der Waals surface area contributed by atoms with Crippen molar-refractivity contribution >= 4 is 40.4 Å². The van der Waals surface area contributed by atoms with Crippen molar-refractivity contribution in [2.24, 2.45) is 0 Å². The summed E-state index contributed by atoms with van der Waals surface area (Å²) in [6.45, 7) is -0.0348. The SMILES string of the molecule is O=C1CN2CCN3CC(=O)[O][Ga-]([O]1)([O]C(=O)C2)[O]C(=O)C3. The molecule has 5 aliphatic rings. The summed E-state index contributed by atoms with van der Waals surface area (Å²) in [5.41, 5.74) is 0. The summed E-state index contributed by atoms with van der Waals surface area (Å²) in [5, 5.41) is 0. The zero-order valence-corrected chi connectivity index (χ0v) is 13.4. The van der Waals surface area contributed by atoms with Crippen LogP contribution in [-0.4, -0.2) is 89.4 Å². The van der Waals surface area contributed by atoms with Crippen molar-refractivity contribution < 1.29 is 33.3 Å². The molecule has 0 N–H and O–H groups in total. The Kier molecular flexibility index (Phi) is 3.65. The van der Waals surface area contributed by atoms with Crippen LogP contribution >= 0.6 is 0 Å². The van der Waals surface area contributed by atoms with Gasteiger partial charge in [-0.3, -0.25) is 0 Å². The Morgan fingerprint density at radius 1 is 0.619 bits per heavy atom. The van der Waals surface area contributed by atoms with Crippen LogP contribution in [0, 0.1) is 0 Å². The monoisotopic (exact) mass is 357 g/mol. The summed E-state index contributed by atoms with van der Waals surface area (Å²) in [5.74, 6) is -2.98. The third-order valence-electron chi connectivity index (χ3n) is 3.25. The predicted molar refractivity (Wildman–Crippen MR) is 63.0 cm³/mol. The first-order chi connectivity index (χ1) is 9.94. The number of hydrogen-bond donors (Lipinski definition) is 0. The molecule has 3 bridgehead atoms. The first-order valence-electron chi connectivity index (χ1n) is 6.39. The van der Waals surface area contributed by atoms with E-state index in [2.05, 4.69) is 0 Å². The van der Waals surface area contributed by atoms with Crippen LogP contribution in [0.15, 0.2) is 0 Å². The first-order valence-corrected chi connectivity index (χ1v) is 10.3. The van der Waals surface area contributed by atoms with E-state index in [1.807, 2.05) is 0 Å². The van der Waals surface area contributed by atoms with Gasteiger partial charge in [0.05, 0.1) is 0 Å². The predicted octanol–water partition coefficient (Wildman–Crippen LogP) is -2.76. The van der Waals surface area contributed by atoms with Gasteiger partial charge in [-0.15, -0.1) is 0 Å². The van der Waals surface area contributed by atoms with Crippen LogP contribution < -0.4 is 0 Å². The Bertz CT molecular complexity index is 434. The zero-order valence-electron chi connectivity index (χ0n) is 11.0. The van der Waals surface area contributed by atoms with Crippen molar-refractivity contribution in [1.82, 2.24) is 9.80 Å². The second-order valence-electron chi connectivity index (χ2n) is 4.96. The van der Waals surface area contributed by atoms with Crippen LogP contribution in [0.25, 0.3) is 0 Å². The maximum atomic E-state index is 11.8. The van der Waals surface area contributed by atoms with Crippen LogP contribution in [-0.2, 0) is 33.3 Å². The molecule has 5 aliphatic heterocycles. The molecule has 5 heterocycles. The molecule has 0 saturated carbocycles. The third kappa shape index (κ3) is 3.20. The molecule has 5 rings (SSSR count). The number of fused-ring (bicyclic) bond motifs is 4. The molecule has 0 aromatic carbocycles. The Morgan fingerprint density at radius 2 is 0.905 bits per heavy atom. The quantitative estimate of drug-likeness (QED) is 0.422. The molecule has 10 nitrogen and oxygen atoms in total. The number of carbonyl (C=O) groups is 4. The van der Waals surface area contributed by atoms with Gasteiger partial charge in [-0.05, 0) is 0 Å². The van der Waals surface area contributed by atoms with E-state index in [0.717, 1.165) is 0 Å². The molecule has 0 aromatic heterocycles. The van der Waals surface area contributed by atoms with E-state index in [4.69, 9.17) is 14.1 Å². The number of nitrogens with zero attached hydrogens (tertiary/aromatic N) is 2. The van der Waals surface area contributed by atoms with Crippen LogP contribution in [0.4, 0.5) is 0 Å². The molecule has 0 unspecified atom stereocenters. The van der Waals surface area contributed by atoms with Gasteiger partial charge in [0, 0.05) is 0 Å². The summed E-state index contributed by atoms with van der Waals surface area (Å²) >= 11 is -5.26. The summed E-state index contributed by atoms with van der Waals surface area (Å²) in [6, 6.07) is 0. The van der Waals surface area contributed by atoms with Gasteiger partial charge in [-0.1, -0.05) is 0 Å². The van der Waals surface area contributed by atoms with E-state index in [0.29, 0.717) is 13.1 Å². The topological polar surface area (TPSA) is 112 Å². The van der Waals surface area contributed by atoms with E-state index in [1.165, 1.54) is 9.80 Å². The molecule has 0 atom stereocenters. The van der Waals surface area contributed by atoms with Crippen molar-refractivity contribution in [2.75, 3.05) is 39.3 Å². The Hall–Kier alpha value is -1.56.